The second-order valence-electron chi connectivity index (χ2n) is 4.98. The second-order valence-corrected chi connectivity index (χ2v) is 4.98. The number of aliphatic hydroxyl groups is 1. The second kappa shape index (κ2) is 5.46. The molecule has 1 N–H and O–H groups in total. The molecule has 2 unspecified atom stereocenters. The van der Waals surface area contributed by atoms with Gasteiger partial charge >= 0.3 is 0 Å². The third-order valence-electron chi connectivity index (χ3n) is 3.56. The lowest BCUT2D eigenvalue weighted by atomic mass is 10.0. The number of rotatable bonds is 2. The van der Waals surface area contributed by atoms with E-state index < -0.39 is 6.10 Å². The molecular weight excluding hydrogens is 271 g/mol. The number of aromatic nitrogens is 2. The van der Waals surface area contributed by atoms with E-state index in [-0.39, 0.29) is 17.6 Å². The average molecular weight is 284 g/mol. The first-order valence-electron chi connectivity index (χ1n) is 6.59. The van der Waals surface area contributed by atoms with E-state index in [4.69, 9.17) is 5.26 Å². The lowest BCUT2D eigenvalue weighted by Gasteiger charge is -2.25. The van der Waals surface area contributed by atoms with Crippen molar-refractivity contribution in [3.8, 4) is 6.07 Å². The summed E-state index contributed by atoms with van der Waals surface area (Å²) in [4.78, 5) is 10.1. The first-order valence-corrected chi connectivity index (χ1v) is 6.59. The summed E-state index contributed by atoms with van der Waals surface area (Å²) in [5.41, 5.74) is 1.03. The molecule has 0 spiro atoms. The Morgan fingerprint density at radius 3 is 2.86 bits per heavy atom. The Balaban J connectivity index is 1.93. The molecule has 3 rings (SSSR count). The van der Waals surface area contributed by atoms with E-state index in [0.717, 1.165) is 5.56 Å². The minimum absolute atomic E-state index is 0.155. The summed E-state index contributed by atoms with van der Waals surface area (Å²) >= 11 is 0. The van der Waals surface area contributed by atoms with E-state index in [1.165, 1.54) is 24.5 Å². The Bertz CT molecular complexity index is 683. The summed E-state index contributed by atoms with van der Waals surface area (Å²) in [5.74, 6) is 0.263. The molecule has 21 heavy (non-hydrogen) atoms. The fourth-order valence-corrected chi connectivity index (χ4v) is 2.62. The number of benzene rings is 1. The summed E-state index contributed by atoms with van der Waals surface area (Å²) in [5, 5.41) is 18.7. The number of nitriles is 1. The Morgan fingerprint density at radius 2 is 2.19 bits per heavy atom. The van der Waals surface area contributed by atoms with Crippen LogP contribution in [0.3, 0.4) is 0 Å². The van der Waals surface area contributed by atoms with Crippen LogP contribution in [-0.2, 0) is 0 Å². The zero-order valence-electron chi connectivity index (χ0n) is 11.1. The van der Waals surface area contributed by atoms with Crippen LogP contribution >= 0.6 is 0 Å². The zero-order valence-corrected chi connectivity index (χ0v) is 11.1. The number of aliphatic hydroxyl groups excluding tert-OH is 1. The largest absolute Gasteiger partial charge is 0.391 e. The predicted molar refractivity (Wildman–Crippen MR) is 73.9 cm³/mol. The molecule has 6 heteroatoms. The normalized spacial score (nSPS) is 21.3. The molecule has 1 saturated heterocycles. The SMILES string of the molecule is N#Cc1cnc(N2CC(O)CC2c2cccc(F)c2)cn1. The highest BCUT2D eigenvalue weighted by molar-refractivity contribution is 5.44. The number of anilines is 1. The van der Waals surface area contributed by atoms with Gasteiger partial charge in [0.25, 0.3) is 0 Å². The van der Waals surface area contributed by atoms with Crippen molar-refractivity contribution in [3.05, 3.63) is 53.7 Å². The van der Waals surface area contributed by atoms with Gasteiger partial charge in [0.15, 0.2) is 5.69 Å². The number of hydrogen-bond donors (Lipinski definition) is 1. The van der Waals surface area contributed by atoms with Crippen LogP contribution < -0.4 is 4.90 Å². The summed E-state index contributed by atoms with van der Waals surface area (Å²) in [6.45, 7) is 0.405. The molecule has 2 aromatic rings. The molecule has 0 bridgehead atoms. The van der Waals surface area contributed by atoms with Gasteiger partial charge in [0.05, 0.1) is 24.5 Å². The van der Waals surface area contributed by atoms with Gasteiger partial charge < -0.3 is 10.0 Å². The summed E-state index contributed by atoms with van der Waals surface area (Å²) in [7, 11) is 0. The van der Waals surface area contributed by atoms with Crippen molar-refractivity contribution in [2.45, 2.75) is 18.6 Å². The molecule has 5 nitrogen and oxygen atoms in total. The van der Waals surface area contributed by atoms with Crippen molar-refractivity contribution < 1.29 is 9.50 Å². The van der Waals surface area contributed by atoms with Crippen molar-refractivity contribution in [1.82, 2.24) is 9.97 Å². The molecule has 1 aromatic heterocycles. The van der Waals surface area contributed by atoms with Crippen LogP contribution in [0.4, 0.5) is 10.2 Å². The number of nitrogens with zero attached hydrogens (tertiary/aromatic N) is 4. The Labute approximate surface area is 121 Å². The Hall–Kier alpha value is -2.52. The van der Waals surface area contributed by atoms with Gasteiger partial charge in [0.1, 0.15) is 17.7 Å². The van der Waals surface area contributed by atoms with E-state index in [1.807, 2.05) is 17.0 Å². The third-order valence-corrected chi connectivity index (χ3v) is 3.56. The van der Waals surface area contributed by atoms with E-state index in [1.54, 1.807) is 6.07 Å². The monoisotopic (exact) mass is 284 g/mol. The van der Waals surface area contributed by atoms with Gasteiger partial charge in [-0.1, -0.05) is 12.1 Å². The zero-order chi connectivity index (χ0) is 14.8. The van der Waals surface area contributed by atoms with Crippen LogP contribution in [-0.4, -0.2) is 27.7 Å². The van der Waals surface area contributed by atoms with Crippen molar-refractivity contribution in [3.63, 3.8) is 0 Å². The van der Waals surface area contributed by atoms with Crippen LogP contribution in [0.15, 0.2) is 36.7 Å². The van der Waals surface area contributed by atoms with Gasteiger partial charge in [-0.25, -0.2) is 14.4 Å². The summed E-state index contributed by atoms with van der Waals surface area (Å²) in [6, 6.07) is 8.09. The molecule has 1 aliphatic heterocycles. The topological polar surface area (TPSA) is 73.0 Å². The average Bonchev–Trinajstić information content (AvgIpc) is 2.89. The van der Waals surface area contributed by atoms with Crippen LogP contribution in [0, 0.1) is 17.1 Å². The summed E-state index contributed by atoms with van der Waals surface area (Å²) < 4.78 is 13.4. The van der Waals surface area contributed by atoms with Gasteiger partial charge in [-0.05, 0) is 24.1 Å². The molecular formula is C15H13FN4O. The molecule has 106 valence electrons. The smallest absolute Gasteiger partial charge is 0.158 e. The van der Waals surface area contributed by atoms with Gasteiger partial charge in [-0.2, -0.15) is 5.26 Å². The van der Waals surface area contributed by atoms with Gasteiger partial charge in [0.2, 0.25) is 0 Å². The quantitative estimate of drug-likeness (QED) is 0.910. The minimum Gasteiger partial charge on any atom is -0.391 e. The van der Waals surface area contributed by atoms with E-state index in [2.05, 4.69) is 9.97 Å². The molecule has 2 heterocycles. The van der Waals surface area contributed by atoms with Crippen molar-refractivity contribution >= 4 is 5.82 Å². The van der Waals surface area contributed by atoms with E-state index in [9.17, 15) is 9.50 Å². The highest BCUT2D eigenvalue weighted by Crippen LogP contribution is 2.35. The van der Waals surface area contributed by atoms with Crippen molar-refractivity contribution in [2.24, 2.45) is 0 Å². The third kappa shape index (κ3) is 2.69. The highest BCUT2D eigenvalue weighted by atomic mass is 19.1. The van der Waals surface area contributed by atoms with E-state index in [0.29, 0.717) is 18.8 Å². The van der Waals surface area contributed by atoms with Gasteiger partial charge in [0, 0.05) is 6.54 Å². The van der Waals surface area contributed by atoms with Crippen LogP contribution in [0.2, 0.25) is 0 Å². The van der Waals surface area contributed by atoms with Gasteiger partial charge in [-0.3, -0.25) is 0 Å². The molecule has 0 amide bonds. The fourth-order valence-electron chi connectivity index (χ4n) is 2.62. The predicted octanol–water partition coefficient (Wildman–Crippen LogP) is 1.80. The standard InChI is InChI=1S/C15H13FN4O/c16-11-3-1-2-10(4-11)14-5-13(21)9-20(14)15-8-18-12(6-17)7-19-15/h1-4,7-8,13-14,21H,5,9H2. The van der Waals surface area contributed by atoms with Crippen LogP contribution in [0.1, 0.15) is 23.7 Å². The lowest BCUT2D eigenvalue weighted by molar-refractivity contribution is 0.194. The molecule has 1 aromatic carbocycles. The van der Waals surface area contributed by atoms with Crippen LogP contribution in [0.5, 0.6) is 0 Å². The number of β-amino-alcohol motifs (C(OH)–C–C–N with tert-alkyl or cyclic N) is 1. The molecule has 0 saturated carbocycles. The Morgan fingerprint density at radius 1 is 1.33 bits per heavy atom. The maximum Gasteiger partial charge on any atom is 0.158 e. The van der Waals surface area contributed by atoms with Crippen molar-refractivity contribution in [1.29, 1.82) is 5.26 Å². The maximum atomic E-state index is 13.4. The number of halogens is 1. The Kier molecular flexibility index (Phi) is 3.50. The molecule has 1 aliphatic rings. The minimum atomic E-state index is -0.504. The van der Waals surface area contributed by atoms with Gasteiger partial charge in [-0.15, -0.1) is 0 Å². The highest BCUT2D eigenvalue weighted by Gasteiger charge is 2.33. The fraction of sp³-hybridized carbons (Fsp3) is 0.267. The van der Waals surface area contributed by atoms with E-state index >= 15 is 0 Å². The molecule has 0 aliphatic carbocycles. The summed E-state index contributed by atoms with van der Waals surface area (Å²) in [6.07, 6.45) is 2.90. The number of hydrogen-bond acceptors (Lipinski definition) is 5. The van der Waals surface area contributed by atoms with Crippen LogP contribution in [0.25, 0.3) is 0 Å². The molecule has 0 radical (unpaired) electrons. The first-order chi connectivity index (χ1) is 10.2. The lowest BCUT2D eigenvalue weighted by Crippen LogP contribution is -2.25. The molecule has 2 atom stereocenters. The maximum absolute atomic E-state index is 13.4. The molecule has 1 fully saturated rings. The van der Waals surface area contributed by atoms with Crippen molar-refractivity contribution in [2.75, 3.05) is 11.4 Å². The first kappa shape index (κ1) is 13.5.